The summed E-state index contributed by atoms with van der Waals surface area (Å²) in [6, 6.07) is 13.2. The number of sulfone groups is 1. The molecule has 0 aliphatic heterocycles. The Hall–Kier alpha value is -2.03. The molecule has 0 unspecified atom stereocenters. The van der Waals surface area contributed by atoms with Gasteiger partial charge in [-0.2, -0.15) is 5.26 Å². The topological polar surface area (TPSA) is 67.2 Å². The van der Waals surface area contributed by atoms with Gasteiger partial charge in [-0.05, 0) is 35.9 Å². The standard InChI is InChI=1S/C15H12ClNO3S/c1-21(18,19)14-4-2-3-13(8-14)20-15-6-5-11(9-16)7-12(15)10-17/h2-8H,9H2,1H3. The molecule has 0 saturated carbocycles. The van der Waals surface area contributed by atoms with Crippen LogP contribution in [0.2, 0.25) is 0 Å². The van der Waals surface area contributed by atoms with Crippen molar-refractivity contribution >= 4 is 21.4 Å². The van der Waals surface area contributed by atoms with Crippen molar-refractivity contribution in [2.45, 2.75) is 10.8 Å². The first-order valence-corrected chi connectivity index (χ1v) is 8.43. The summed E-state index contributed by atoms with van der Waals surface area (Å²) in [5.41, 5.74) is 1.16. The molecule has 0 bridgehead atoms. The molecule has 0 amide bonds. The van der Waals surface area contributed by atoms with Crippen molar-refractivity contribution < 1.29 is 13.2 Å². The van der Waals surface area contributed by atoms with Gasteiger partial charge in [0.05, 0.1) is 10.5 Å². The summed E-state index contributed by atoms with van der Waals surface area (Å²) in [7, 11) is -3.31. The quantitative estimate of drug-likeness (QED) is 0.808. The van der Waals surface area contributed by atoms with Gasteiger partial charge >= 0.3 is 0 Å². The van der Waals surface area contributed by atoms with Gasteiger partial charge < -0.3 is 4.74 Å². The molecule has 0 spiro atoms. The average Bonchev–Trinajstić information content (AvgIpc) is 2.47. The van der Waals surface area contributed by atoms with Crippen molar-refractivity contribution in [3.05, 3.63) is 53.6 Å². The maximum atomic E-state index is 11.5. The molecule has 0 heterocycles. The van der Waals surface area contributed by atoms with E-state index >= 15 is 0 Å². The fourth-order valence-corrected chi connectivity index (χ4v) is 2.55. The van der Waals surface area contributed by atoms with Gasteiger partial charge in [0.1, 0.15) is 17.6 Å². The molecule has 108 valence electrons. The monoisotopic (exact) mass is 321 g/mol. The maximum absolute atomic E-state index is 11.5. The molecule has 0 N–H and O–H groups in total. The second kappa shape index (κ2) is 6.17. The number of alkyl halides is 1. The molecule has 0 saturated heterocycles. The molecule has 0 atom stereocenters. The van der Waals surface area contributed by atoms with Gasteiger partial charge in [-0.25, -0.2) is 8.42 Å². The van der Waals surface area contributed by atoms with Crippen molar-refractivity contribution in [2.75, 3.05) is 6.26 Å². The summed E-state index contributed by atoms with van der Waals surface area (Å²) in [6.07, 6.45) is 1.13. The van der Waals surface area contributed by atoms with E-state index in [2.05, 4.69) is 0 Å². The Labute approximate surface area is 128 Å². The number of halogens is 1. The zero-order valence-electron chi connectivity index (χ0n) is 11.2. The summed E-state index contributed by atoms with van der Waals surface area (Å²) in [6.45, 7) is 0. The van der Waals surface area contributed by atoms with E-state index in [0.717, 1.165) is 11.8 Å². The lowest BCUT2D eigenvalue weighted by Gasteiger charge is -2.09. The van der Waals surface area contributed by atoms with Gasteiger partial charge in [-0.15, -0.1) is 11.6 Å². The first kappa shape index (κ1) is 15.4. The van der Waals surface area contributed by atoms with E-state index < -0.39 is 9.84 Å². The highest BCUT2D eigenvalue weighted by molar-refractivity contribution is 7.90. The van der Waals surface area contributed by atoms with Gasteiger partial charge in [-0.3, -0.25) is 0 Å². The smallest absolute Gasteiger partial charge is 0.175 e. The predicted octanol–water partition coefficient (Wildman–Crippen LogP) is 3.49. The van der Waals surface area contributed by atoms with Crippen LogP contribution in [0.4, 0.5) is 0 Å². The summed E-state index contributed by atoms with van der Waals surface area (Å²) < 4.78 is 28.6. The van der Waals surface area contributed by atoms with Crippen LogP contribution in [0.15, 0.2) is 47.4 Å². The van der Waals surface area contributed by atoms with Crippen LogP contribution in [-0.4, -0.2) is 14.7 Å². The van der Waals surface area contributed by atoms with Crippen molar-refractivity contribution in [1.29, 1.82) is 5.26 Å². The number of ether oxygens (including phenoxy) is 1. The van der Waals surface area contributed by atoms with E-state index in [0.29, 0.717) is 22.9 Å². The van der Waals surface area contributed by atoms with Gasteiger partial charge in [-0.1, -0.05) is 12.1 Å². The molecule has 0 fully saturated rings. The van der Waals surface area contributed by atoms with Gasteiger partial charge in [0.2, 0.25) is 0 Å². The lowest BCUT2D eigenvalue weighted by atomic mass is 10.1. The van der Waals surface area contributed by atoms with Crippen molar-refractivity contribution in [3.8, 4) is 17.6 Å². The lowest BCUT2D eigenvalue weighted by Crippen LogP contribution is -1.97. The fraction of sp³-hybridized carbons (Fsp3) is 0.133. The van der Waals surface area contributed by atoms with Crippen LogP contribution >= 0.6 is 11.6 Å². The van der Waals surface area contributed by atoms with Gasteiger partial charge in [0, 0.05) is 12.1 Å². The first-order valence-electron chi connectivity index (χ1n) is 6.01. The van der Waals surface area contributed by atoms with Gasteiger partial charge in [0.15, 0.2) is 9.84 Å². The Kier molecular flexibility index (Phi) is 4.51. The molecule has 0 aliphatic rings. The molecule has 2 rings (SSSR count). The van der Waals surface area contributed by atoms with Crippen LogP contribution in [0, 0.1) is 11.3 Å². The Morgan fingerprint density at radius 1 is 1.24 bits per heavy atom. The third-order valence-electron chi connectivity index (χ3n) is 2.78. The van der Waals surface area contributed by atoms with Crippen LogP contribution in [0.3, 0.4) is 0 Å². The largest absolute Gasteiger partial charge is 0.456 e. The summed E-state index contributed by atoms with van der Waals surface area (Å²) in [5, 5.41) is 9.13. The van der Waals surface area contributed by atoms with E-state index in [1.165, 1.54) is 12.1 Å². The molecule has 0 aliphatic carbocycles. The zero-order chi connectivity index (χ0) is 15.5. The molecule has 4 nitrogen and oxygen atoms in total. The second-order valence-electron chi connectivity index (χ2n) is 4.43. The molecule has 6 heteroatoms. The fourth-order valence-electron chi connectivity index (χ4n) is 1.73. The van der Waals surface area contributed by atoms with Crippen LogP contribution in [0.25, 0.3) is 0 Å². The number of nitriles is 1. The highest BCUT2D eigenvalue weighted by Gasteiger charge is 2.10. The molecule has 21 heavy (non-hydrogen) atoms. The minimum Gasteiger partial charge on any atom is -0.456 e. The number of benzene rings is 2. The Morgan fingerprint density at radius 3 is 2.62 bits per heavy atom. The number of nitrogens with zero attached hydrogens (tertiary/aromatic N) is 1. The van der Waals surface area contributed by atoms with Gasteiger partial charge in [0.25, 0.3) is 0 Å². The van der Waals surface area contributed by atoms with E-state index in [4.69, 9.17) is 21.6 Å². The Morgan fingerprint density at radius 2 is 2.00 bits per heavy atom. The molecular weight excluding hydrogens is 310 g/mol. The molecule has 0 aromatic heterocycles. The third-order valence-corrected chi connectivity index (χ3v) is 4.20. The average molecular weight is 322 g/mol. The summed E-state index contributed by atoms with van der Waals surface area (Å²) >= 11 is 5.72. The highest BCUT2D eigenvalue weighted by atomic mass is 35.5. The number of hydrogen-bond donors (Lipinski definition) is 0. The van der Waals surface area contributed by atoms with E-state index in [-0.39, 0.29) is 4.90 Å². The number of rotatable bonds is 4. The van der Waals surface area contributed by atoms with Crippen LogP contribution in [-0.2, 0) is 15.7 Å². The van der Waals surface area contributed by atoms with E-state index in [1.54, 1.807) is 30.3 Å². The molecule has 2 aromatic carbocycles. The first-order chi connectivity index (χ1) is 9.94. The van der Waals surface area contributed by atoms with Crippen LogP contribution < -0.4 is 4.74 Å². The van der Waals surface area contributed by atoms with E-state index in [1.807, 2.05) is 6.07 Å². The minimum atomic E-state index is -3.31. The second-order valence-corrected chi connectivity index (χ2v) is 6.71. The van der Waals surface area contributed by atoms with Crippen molar-refractivity contribution in [3.63, 3.8) is 0 Å². The normalized spacial score (nSPS) is 10.9. The molecule has 0 radical (unpaired) electrons. The Balaban J connectivity index is 2.37. The molecule has 2 aromatic rings. The zero-order valence-corrected chi connectivity index (χ0v) is 12.8. The summed E-state index contributed by atoms with van der Waals surface area (Å²) in [5.74, 6) is 1.02. The predicted molar refractivity (Wildman–Crippen MR) is 80.3 cm³/mol. The summed E-state index contributed by atoms with van der Waals surface area (Å²) in [4.78, 5) is 0.163. The van der Waals surface area contributed by atoms with Crippen LogP contribution in [0.1, 0.15) is 11.1 Å². The Bertz CT molecular complexity index is 810. The van der Waals surface area contributed by atoms with E-state index in [9.17, 15) is 8.42 Å². The van der Waals surface area contributed by atoms with Crippen molar-refractivity contribution in [1.82, 2.24) is 0 Å². The third kappa shape index (κ3) is 3.75. The minimum absolute atomic E-state index is 0.163. The molecular formula is C15H12ClNO3S. The maximum Gasteiger partial charge on any atom is 0.175 e. The van der Waals surface area contributed by atoms with Crippen LogP contribution in [0.5, 0.6) is 11.5 Å². The number of hydrogen-bond acceptors (Lipinski definition) is 4. The van der Waals surface area contributed by atoms with Crippen molar-refractivity contribution in [2.24, 2.45) is 0 Å². The SMILES string of the molecule is CS(=O)(=O)c1cccc(Oc2ccc(CCl)cc2C#N)c1. The highest BCUT2D eigenvalue weighted by Crippen LogP contribution is 2.27. The lowest BCUT2D eigenvalue weighted by molar-refractivity contribution is 0.479.